The third kappa shape index (κ3) is 4.02. The first-order chi connectivity index (χ1) is 8.76. The Labute approximate surface area is 112 Å². The van der Waals surface area contributed by atoms with Gasteiger partial charge in [0.15, 0.2) is 0 Å². The summed E-state index contributed by atoms with van der Waals surface area (Å²) in [6.45, 7) is 10.5. The van der Waals surface area contributed by atoms with Crippen molar-refractivity contribution >= 4 is 0 Å². The third-order valence-electron chi connectivity index (χ3n) is 3.47. The number of nitrogens with one attached hydrogen (secondary N) is 1. The zero-order valence-electron chi connectivity index (χ0n) is 12.2. The standard InChI is InChI=1S/C16H27NO/c1-5-13(6-2)16(17-7-3)14-10-9-11-15(12-14)18-8-4/h9-13,16-17H,5-8H2,1-4H3. The zero-order chi connectivity index (χ0) is 13.4. The summed E-state index contributed by atoms with van der Waals surface area (Å²) in [7, 11) is 0. The Morgan fingerprint density at radius 3 is 2.39 bits per heavy atom. The lowest BCUT2D eigenvalue weighted by Crippen LogP contribution is -2.27. The van der Waals surface area contributed by atoms with Gasteiger partial charge in [-0.1, -0.05) is 45.7 Å². The monoisotopic (exact) mass is 249 g/mol. The van der Waals surface area contributed by atoms with Crippen molar-refractivity contribution in [3.8, 4) is 5.75 Å². The first-order valence-corrected chi connectivity index (χ1v) is 7.22. The van der Waals surface area contributed by atoms with Gasteiger partial charge in [0.1, 0.15) is 5.75 Å². The van der Waals surface area contributed by atoms with Crippen molar-refractivity contribution in [2.45, 2.75) is 46.6 Å². The summed E-state index contributed by atoms with van der Waals surface area (Å²) in [5.74, 6) is 1.66. The molecule has 1 N–H and O–H groups in total. The van der Waals surface area contributed by atoms with E-state index >= 15 is 0 Å². The molecule has 1 rings (SSSR count). The highest BCUT2D eigenvalue weighted by Gasteiger charge is 2.19. The molecule has 1 aromatic rings. The molecule has 0 aliphatic carbocycles. The predicted octanol–water partition coefficient (Wildman–Crippen LogP) is 4.17. The molecule has 0 spiro atoms. The highest BCUT2D eigenvalue weighted by molar-refractivity contribution is 5.31. The van der Waals surface area contributed by atoms with E-state index in [1.165, 1.54) is 18.4 Å². The predicted molar refractivity (Wildman–Crippen MR) is 78.1 cm³/mol. The van der Waals surface area contributed by atoms with E-state index < -0.39 is 0 Å². The van der Waals surface area contributed by atoms with Crippen molar-refractivity contribution in [2.24, 2.45) is 5.92 Å². The molecule has 1 aromatic carbocycles. The summed E-state index contributed by atoms with van der Waals surface area (Å²) in [6, 6.07) is 8.93. The van der Waals surface area contributed by atoms with E-state index in [0.29, 0.717) is 12.0 Å². The number of hydrogen-bond acceptors (Lipinski definition) is 2. The molecule has 0 fully saturated rings. The molecule has 0 heterocycles. The van der Waals surface area contributed by atoms with Gasteiger partial charge in [0.05, 0.1) is 6.61 Å². The van der Waals surface area contributed by atoms with E-state index in [2.05, 4.69) is 44.3 Å². The molecule has 0 saturated carbocycles. The maximum absolute atomic E-state index is 5.59. The fourth-order valence-electron chi connectivity index (χ4n) is 2.50. The van der Waals surface area contributed by atoms with Crippen molar-refractivity contribution in [1.82, 2.24) is 5.32 Å². The van der Waals surface area contributed by atoms with Gasteiger partial charge in [-0.15, -0.1) is 0 Å². The number of rotatable bonds is 8. The van der Waals surface area contributed by atoms with Crippen LogP contribution in [0.1, 0.15) is 52.1 Å². The summed E-state index contributed by atoms with van der Waals surface area (Å²) < 4.78 is 5.59. The second-order valence-electron chi connectivity index (χ2n) is 4.62. The van der Waals surface area contributed by atoms with E-state index in [1.54, 1.807) is 0 Å². The number of ether oxygens (including phenoxy) is 1. The van der Waals surface area contributed by atoms with Gasteiger partial charge in [-0.2, -0.15) is 0 Å². The average molecular weight is 249 g/mol. The van der Waals surface area contributed by atoms with Crippen LogP contribution in [0.2, 0.25) is 0 Å². The molecule has 1 unspecified atom stereocenters. The van der Waals surface area contributed by atoms with Crippen LogP contribution in [0.25, 0.3) is 0 Å². The molecular formula is C16H27NO. The summed E-state index contributed by atoms with van der Waals surface area (Å²) in [4.78, 5) is 0. The van der Waals surface area contributed by atoms with Gasteiger partial charge < -0.3 is 10.1 Å². The van der Waals surface area contributed by atoms with Gasteiger partial charge in [0.2, 0.25) is 0 Å². The summed E-state index contributed by atoms with van der Waals surface area (Å²) in [5.41, 5.74) is 1.34. The van der Waals surface area contributed by atoms with Crippen molar-refractivity contribution in [3.63, 3.8) is 0 Å². The van der Waals surface area contributed by atoms with E-state index in [1.807, 2.05) is 13.0 Å². The topological polar surface area (TPSA) is 21.3 Å². The number of hydrogen-bond donors (Lipinski definition) is 1. The lowest BCUT2D eigenvalue weighted by molar-refractivity contribution is 0.331. The van der Waals surface area contributed by atoms with Crippen molar-refractivity contribution in [1.29, 1.82) is 0 Å². The van der Waals surface area contributed by atoms with Crippen LogP contribution in [0, 0.1) is 5.92 Å². The van der Waals surface area contributed by atoms with E-state index in [4.69, 9.17) is 4.74 Å². The van der Waals surface area contributed by atoms with Crippen molar-refractivity contribution in [3.05, 3.63) is 29.8 Å². The molecule has 2 heteroatoms. The van der Waals surface area contributed by atoms with E-state index in [0.717, 1.165) is 18.9 Å². The van der Waals surface area contributed by atoms with Crippen molar-refractivity contribution < 1.29 is 4.74 Å². The lowest BCUT2D eigenvalue weighted by Gasteiger charge is -2.27. The molecule has 0 amide bonds. The van der Waals surface area contributed by atoms with Crippen LogP contribution in [0.15, 0.2) is 24.3 Å². The maximum atomic E-state index is 5.59. The van der Waals surface area contributed by atoms with Crippen molar-refractivity contribution in [2.75, 3.05) is 13.2 Å². The molecule has 1 atom stereocenters. The Balaban J connectivity index is 2.93. The van der Waals surface area contributed by atoms with Crippen LogP contribution in [0.5, 0.6) is 5.75 Å². The van der Waals surface area contributed by atoms with Crippen LogP contribution in [-0.4, -0.2) is 13.2 Å². The van der Waals surface area contributed by atoms with Gasteiger partial charge in [-0.25, -0.2) is 0 Å². The highest BCUT2D eigenvalue weighted by Crippen LogP contribution is 2.29. The summed E-state index contributed by atoms with van der Waals surface area (Å²) in [6.07, 6.45) is 2.40. The molecule has 18 heavy (non-hydrogen) atoms. The minimum Gasteiger partial charge on any atom is -0.494 e. The van der Waals surface area contributed by atoms with Crippen LogP contribution < -0.4 is 10.1 Å². The minimum atomic E-state index is 0.436. The first-order valence-electron chi connectivity index (χ1n) is 7.22. The molecular weight excluding hydrogens is 222 g/mol. The van der Waals surface area contributed by atoms with Crippen LogP contribution in [0.3, 0.4) is 0 Å². The van der Waals surface area contributed by atoms with Gasteiger partial charge in [0, 0.05) is 6.04 Å². The van der Waals surface area contributed by atoms with Crippen LogP contribution >= 0.6 is 0 Å². The van der Waals surface area contributed by atoms with E-state index in [-0.39, 0.29) is 0 Å². The molecule has 102 valence electrons. The van der Waals surface area contributed by atoms with Gasteiger partial charge in [0.25, 0.3) is 0 Å². The van der Waals surface area contributed by atoms with Crippen LogP contribution in [-0.2, 0) is 0 Å². The largest absolute Gasteiger partial charge is 0.494 e. The zero-order valence-corrected chi connectivity index (χ0v) is 12.2. The molecule has 2 nitrogen and oxygen atoms in total. The lowest BCUT2D eigenvalue weighted by atomic mass is 9.88. The fourth-order valence-corrected chi connectivity index (χ4v) is 2.50. The van der Waals surface area contributed by atoms with Gasteiger partial charge >= 0.3 is 0 Å². The Bertz CT molecular complexity index is 334. The highest BCUT2D eigenvalue weighted by atomic mass is 16.5. The Hall–Kier alpha value is -1.02. The molecule has 0 aromatic heterocycles. The Morgan fingerprint density at radius 1 is 1.11 bits per heavy atom. The quantitative estimate of drug-likeness (QED) is 0.746. The summed E-state index contributed by atoms with van der Waals surface area (Å²) >= 11 is 0. The Kier molecular flexibility index (Phi) is 6.81. The molecule has 0 aliphatic heterocycles. The van der Waals surface area contributed by atoms with Crippen LogP contribution in [0.4, 0.5) is 0 Å². The fraction of sp³-hybridized carbons (Fsp3) is 0.625. The van der Waals surface area contributed by atoms with Gasteiger partial charge in [-0.3, -0.25) is 0 Å². The second-order valence-corrected chi connectivity index (χ2v) is 4.62. The average Bonchev–Trinajstić information content (AvgIpc) is 2.40. The molecule has 0 aliphatic rings. The second kappa shape index (κ2) is 8.15. The SMILES string of the molecule is CCNC(c1cccc(OCC)c1)C(CC)CC. The molecule has 0 bridgehead atoms. The molecule has 0 saturated heterocycles. The first kappa shape index (κ1) is 15.0. The summed E-state index contributed by atoms with van der Waals surface area (Å²) in [5, 5.41) is 3.61. The smallest absolute Gasteiger partial charge is 0.119 e. The molecule has 0 radical (unpaired) electrons. The Morgan fingerprint density at radius 2 is 1.83 bits per heavy atom. The maximum Gasteiger partial charge on any atom is 0.119 e. The minimum absolute atomic E-state index is 0.436. The normalized spacial score (nSPS) is 12.7. The number of benzene rings is 1. The van der Waals surface area contributed by atoms with Gasteiger partial charge in [-0.05, 0) is 37.1 Å². The van der Waals surface area contributed by atoms with E-state index in [9.17, 15) is 0 Å². The third-order valence-corrected chi connectivity index (χ3v) is 3.47.